The van der Waals surface area contributed by atoms with Crippen molar-refractivity contribution in [3.8, 4) is 0 Å². The van der Waals surface area contributed by atoms with E-state index in [1.165, 1.54) is 11.8 Å². The van der Waals surface area contributed by atoms with Gasteiger partial charge in [0.25, 0.3) is 0 Å². The van der Waals surface area contributed by atoms with Crippen molar-refractivity contribution in [2.75, 3.05) is 11.9 Å². The van der Waals surface area contributed by atoms with Crippen LogP contribution in [0.15, 0.2) is 58.4 Å². The first-order chi connectivity index (χ1) is 14.6. The Balaban J connectivity index is 1.49. The third-order valence-electron chi connectivity index (χ3n) is 4.58. The second-order valence-corrected chi connectivity index (χ2v) is 7.70. The van der Waals surface area contributed by atoms with Crippen LogP contribution in [0.1, 0.15) is 30.6 Å². The van der Waals surface area contributed by atoms with Gasteiger partial charge in [-0.3, -0.25) is 9.20 Å². The highest BCUT2D eigenvalue weighted by atomic mass is 32.2. The summed E-state index contributed by atoms with van der Waals surface area (Å²) >= 11 is 1.36. The van der Waals surface area contributed by atoms with Gasteiger partial charge in [-0.05, 0) is 37.6 Å². The fourth-order valence-electron chi connectivity index (χ4n) is 3.08. The second kappa shape index (κ2) is 8.58. The maximum atomic E-state index is 12.8. The van der Waals surface area contributed by atoms with Gasteiger partial charge in [-0.25, -0.2) is 4.79 Å². The van der Waals surface area contributed by atoms with Crippen LogP contribution in [0.2, 0.25) is 0 Å². The van der Waals surface area contributed by atoms with Crippen LogP contribution in [0.5, 0.6) is 0 Å². The van der Waals surface area contributed by atoms with Crippen molar-refractivity contribution >= 4 is 45.9 Å². The number of aromatic nitrogens is 3. The average molecular weight is 424 g/mol. The number of fused-ring (bicyclic) bond motifs is 3. The van der Waals surface area contributed by atoms with E-state index in [0.29, 0.717) is 29.3 Å². The minimum Gasteiger partial charge on any atom is -0.463 e. The number of nitrogens with zero attached hydrogens (tertiary/aromatic N) is 3. The zero-order chi connectivity index (χ0) is 21.1. The van der Waals surface area contributed by atoms with E-state index in [-0.39, 0.29) is 17.1 Å². The molecule has 3 heterocycles. The van der Waals surface area contributed by atoms with E-state index in [0.717, 1.165) is 16.6 Å². The Morgan fingerprint density at radius 2 is 2.00 bits per heavy atom. The van der Waals surface area contributed by atoms with Crippen molar-refractivity contribution in [1.29, 1.82) is 0 Å². The van der Waals surface area contributed by atoms with Gasteiger partial charge in [-0.2, -0.15) is 0 Å². The van der Waals surface area contributed by atoms with E-state index in [2.05, 4.69) is 15.5 Å². The number of amides is 1. The summed E-state index contributed by atoms with van der Waals surface area (Å²) < 4.78 is 12.3. The number of carbonyl (C=O) groups excluding carboxylic acids is 2. The molecule has 4 aromatic rings. The molecule has 0 fully saturated rings. The van der Waals surface area contributed by atoms with E-state index in [1.54, 1.807) is 43.8 Å². The number of thioether (sulfide) groups is 1. The van der Waals surface area contributed by atoms with E-state index >= 15 is 0 Å². The lowest BCUT2D eigenvalue weighted by molar-refractivity contribution is -0.115. The largest absolute Gasteiger partial charge is 0.463 e. The Kier molecular flexibility index (Phi) is 5.71. The highest BCUT2D eigenvalue weighted by molar-refractivity contribution is 8.00. The molecule has 9 heteroatoms. The minimum atomic E-state index is -0.387. The van der Waals surface area contributed by atoms with Gasteiger partial charge < -0.3 is 14.5 Å². The summed E-state index contributed by atoms with van der Waals surface area (Å²) in [5.41, 5.74) is 3.54. The summed E-state index contributed by atoms with van der Waals surface area (Å²) in [7, 11) is 0. The van der Waals surface area contributed by atoms with Crippen LogP contribution in [0.4, 0.5) is 5.69 Å². The van der Waals surface area contributed by atoms with Crippen LogP contribution in [0.3, 0.4) is 0 Å². The standard InChI is InChI=1S/C21H20N4O4S/c1-3-18(19(26)23-14-7-5-13(6-8-14)21(27)28-4-2)30-20-16-11-17-15(9-10-29-17)25(16)12-22-24-20/h5-12,18H,3-4H2,1-2H3,(H,23,26). The quantitative estimate of drug-likeness (QED) is 0.351. The van der Waals surface area contributed by atoms with E-state index < -0.39 is 0 Å². The van der Waals surface area contributed by atoms with Gasteiger partial charge in [0.2, 0.25) is 5.91 Å². The number of esters is 1. The number of rotatable bonds is 7. The fourth-order valence-corrected chi connectivity index (χ4v) is 4.06. The summed E-state index contributed by atoms with van der Waals surface area (Å²) in [6, 6.07) is 10.4. The van der Waals surface area contributed by atoms with Crippen LogP contribution < -0.4 is 5.32 Å². The molecule has 0 aliphatic heterocycles. The highest BCUT2D eigenvalue weighted by Crippen LogP contribution is 2.31. The normalized spacial score (nSPS) is 12.2. The summed E-state index contributed by atoms with van der Waals surface area (Å²) in [6.45, 7) is 4.01. The monoisotopic (exact) mass is 424 g/mol. The van der Waals surface area contributed by atoms with Gasteiger partial charge in [-0.15, -0.1) is 10.2 Å². The van der Waals surface area contributed by atoms with Crippen molar-refractivity contribution in [3.63, 3.8) is 0 Å². The van der Waals surface area contributed by atoms with E-state index in [1.807, 2.05) is 23.5 Å². The maximum Gasteiger partial charge on any atom is 0.338 e. The summed E-state index contributed by atoms with van der Waals surface area (Å²) in [5.74, 6) is -0.535. The maximum absolute atomic E-state index is 12.8. The Hall–Kier alpha value is -3.33. The molecule has 1 atom stereocenters. The number of ether oxygens (including phenoxy) is 1. The third kappa shape index (κ3) is 3.88. The molecule has 0 aliphatic rings. The molecular weight excluding hydrogens is 404 g/mol. The summed E-state index contributed by atoms with van der Waals surface area (Å²) in [6.07, 6.45) is 3.86. The number of nitrogens with one attached hydrogen (secondary N) is 1. The molecule has 0 saturated carbocycles. The molecule has 0 spiro atoms. The van der Waals surface area contributed by atoms with Gasteiger partial charge in [0, 0.05) is 17.8 Å². The summed E-state index contributed by atoms with van der Waals surface area (Å²) in [5, 5.41) is 11.5. The van der Waals surface area contributed by atoms with Gasteiger partial charge >= 0.3 is 5.97 Å². The number of anilines is 1. The van der Waals surface area contributed by atoms with Crippen LogP contribution in [-0.2, 0) is 9.53 Å². The van der Waals surface area contributed by atoms with Crippen molar-refractivity contribution in [2.45, 2.75) is 30.5 Å². The van der Waals surface area contributed by atoms with Crippen LogP contribution >= 0.6 is 11.8 Å². The van der Waals surface area contributed by atoms with Crippen LogP contribution in [0.25, 0.3) is 16.6 Å². The molecule has 4 rings (SSSR count). The zero-order valence-corrected chi connectivity index (χ0v) is 17.3. The van der Waals surface area contributed by atoms with Crippen molar-refractivity contribution in [3.05, 3.63) is 54.6 Å². The highest BCUT2D eigenvalue weighted by Gasteiger charge is 2.22. The van der Waals surface area contributed by atoms with Crippen molar-refractivity contribution in [2.24, 2.45) is 0 Å². The first kappa shape index (κ1) is 20.0. The number of hydrogen-bond donors (Lipinski definition) is 1. The lowest BCUT2D eigenvalue weighted by atomic mass is 10.2. The predicted molar refractivity (Wildman–Crippen MR) is 114 cm³/mol. The topological polar surface area (TPSA) is 98.7 Å². The van der Waals surface area contributed by atoms with E-state index in [9.17, 15) is 9.59 Å². The van der Waals surface area contributed by atoms with E-state index in [4.69, 9.17) is 9.15 Å². The van der Waals surface area contributed by atoms with Crippen LogP contribution in [0, 0.1) is 0 Å². The molecule has 1 N–H and O–H groups in total. The Morgan fingerprint density at radius 3 is 2.73 bits per heavy atom. The van der Waals surface area contributed by atoms with Crippen molar-refractivity contribution in [1.82, 2.24) is 14.6 Å². The van der Waals surface area contributed by atoms with Gasteiger partial charge in [-0.1, -0.05) is 18.7 Å². The third-order valence-corrected chi connectivity index (χ3v) is 5.92. The number of furan rings is 1. The smallest absolute Gasteiger partial charge is 0.338 e. The molecule has 0 saturated heterocycles. The molecule has 0 aliphatic carbocycles. The van der Waals surface area contributed by atoms with Gasteiger partial charge in [0.15, 0.2) is 5.58 Å². The van der Waals surface area contributed by atoms with Gasteiger partial charge in [0.05, 0.1) is 34.7 Å². The van der Waals surface area contributed by atoms with Crippen molar-refractivity contribution < 1.29 is 18.7 Å². The lowest BCUT2D eigenvalue weighted by Gasteiger charge is -2.14. The molecule has 1 unspecified atom stereocenters. The number of hydrogen-bond acceptors (Lipinski definition) is 7. The Bertz CT molecular complexity index is 1200. The molecule has 8 nitrogen and oxygen atoms in total. The number of carbonyl (C=O) groups is 2. The molecule has 154 valence electrons. The SMILES string of the molecule is CCOC(=O)c1ccc(NC(=O)C(CC)Sc2nncn3c2cc2occc23)cc1. The molecule has 3 aromatic heterocycles. The fraction of sp³-hybridized carbons (Fsp3) is 0.238. The number of benzene rings is 1. The second-order valence-electron chi connectivity index (χ2n) is 6.51. The molecule has 0 radical (unpaired) electrons. The molecular formula is C21H20N4O4S. The zero-order valence-electron chi connectivity index (χ0n) is 16.5. The minimum absolute atomic E-state index is 0.148. The molecule has 0 bridgehead atoms. The molecule has 30 heavy (non-hydrogen) atoms. The lowest BCUT2D eigenvalue weighted by Crippen LogP contribution is -2.24. The molecule has 1 amide bonds. The van der Waals surface area contributed by atoms with Crippen LogP contribution in [-0.4, -0.2) is 38.3 Å². The predicted octanol–water partition coefficient (Wildman–Crippen LogP) is 4.16. The Morgan fingerprint density at radius 1 is 1.20 bits per heavy atom. The first-order valence-corrected chi connectivity index (χ1v) is 10.4. The molecule has 1 aromatic carbocycles. The van der Waals surface area contributed by atoms with Gasteiger partial charge in [0.1, 0.15) is 11.4 Å². The first-order valence-electron chi connectivity index (χ1n) is 9.55. The summed E-state index contributed by atoms with van der Waals surface area (Å²) in [4.78, 5) is 24.6. The Labute approximate surface area is 176 Å². The average Bonchev–Trinajstić information content (AvgIpc) is 3.34.